The highest BCUT2D eigenvalue weighted by Crippen LogP contribution is 2.40. The molecule has 1 unspecified atom stereocenters. The van der Waals surface area contributed by atoms with Crippen molar-refractivity contribution in [1.29, 1.82) is 0 Å². The van der Waals surface area contributed by atoms with Crippen molar-refractivity contribution in [2.24, 2.45) is 0 Å². The van der Waals surface area contributed by atoms with Crippen molar-refractivity contribution in [3.05, 3.63) is 52.5 Å². The summed E-state index contributed by atoms with van der Waals surface area (Å²) in [6, 6.07) is 10.2. The number of hydrogen-bond donors (Lipinski definition) is 2. The number of carbonyl (C=O) groups is 3. The molecule has 2 aliphatic heterocycles. The maximum Gasteiger partial charge on any atom is 0.325 e. The Balaban J connectivity index is 1.37. The number of amides is 4. The van der Waals surface area contributed by atoms with Crippen LogP contribution in [0.25, 0.3) is 0 Å². The van der Waals surface area contributed by atoms with Crippen molar-refractivity contribution >= 4 is 35.1 Å². The predicted molar refractivity (Wildman–Crippen MR) is 112 cm³/mol. The van der Waals surface area contributed by atoms with Crippen LogP contribution in [0.5, 0.6) is 11.5 Å². The Morgan fingerprint density at radius 3 is 2.77 bits per heavy atom. The summed E-state index contributed by atoms with van der Waals surface area (Å²) in [6.45, 7) is -0.339. The molecule has 2 aromatic carbocycles. The van der Waals surface area contributed by atoms with Crippen LogP contribution >= 0.6 is 11.6 Å². The number of benzene rings is 2. The molecular weight excluding hydrogens is 422 g/mol. The monoisotopic (exact) mass is 441 g/mol. The number of halogens is 1. The number of nitrogens with zero attached hydrogens (tertiary/aromatic N) is 1. The van der Waals surface area contributed by atoms with E-state index >= 15 is 0 Å². The number of carbonyl (C=O) groups excluding carboxylic acids is 3. The SMILES string of the molecule is O=C(CN1C(=O)NC2(CCCCc3ccccc32)C1=O)Nc1cc2c(cc1Cl)OCO2. The quantitative estimate of drug-likeness (QED) is 0.713. The van der Waals surface area contributed by atoms with E-state index in [0.717, 1.165) is 35.3 Å². The Morgan fingerprint density at radius 1 is 1.16 bits per heavy atom. The number of ether oxygens (including phenoxy) is 2. The molecule has 9 heteroatoms. The van der Waals surface area contributed by atoms with Gasteiger partial charge in [-0.15, -0.1) is 0 Å². The molecule has 5 rings (SSSR count). The molecule has 1 aliphatic carbocycles. The molecule has 1 fully saturated rings. The van der Waals surface area contributed by atoms with Crippen molar-refractivity contribution in [2.75, 3.05) is 18.7 Å². The highest BCUT2D eigenvalue weighted by Gasteiger charge is 2.53. The van der Waals surface area contributed by atoms with Gasteiger partial charge in [-0.1, -0.05) is 35.9 Å². The van der Waals surface area contributed by atoms with E-state index in [9.17, 15) is 14.4 Å². The van der Waals surface area contributed by atoms with Gasteiger partial charge >= 0.3 is 6.03 Å². The second-order valence-electron chi connectivity index (χ2n) is 7.82. The van der Waals surface area contributed by atoms with Crippen LogP contribution < -0.4 is 20.1 Å². The third kappa shape index (κ3) is 3.27. The highest BCUT2D eigenvalue weighted by atomic mass is 35.5. The molecule has 31 heavy (non-hydrogen) atoms. The van der Waals surface area contributed by atoms with E-state index in [2.05, 4.69) is 10.6 Å². The summed E-state index contributed by atoms with van der Waals surface area (Å²) < 4.78 is 10.6. The van der Waals surface area contributed by atoms with Crippen molar-refractivity contribution in [3.63, 3.8) is 0 Å². The van der Waals surface area contributed by atoms with E-state index in [1.807, 2.05) is 24.3 Å². The van der Waals surface area contributed by atoms with E-state index in [1.54, 1.807) is 12.1 Å². The van der Waals surface area contributed by atoms with Crippen molar-refractivity contribution in [2.45, 2.75) is 31.2 Å². The summed E-state index contributed by atoms with van der Waals surface area (Å²) in [7, 11) is 0. The van der Waals surface area contributed by atoms with E-state index < -0.39 is 29.9 Å². The van der Waals surface area contributed by atoms with Crippen LogP contribution in [0.3, 0.4) is 0 Å². The molecule has 1 atom stereocenters. The molecule has 2 N–H and O–H groups in total. The zero-order valence-electron chi connectivity index (χ0n) is 16.6. The summed E-state index contributed by atoms with van der Waals surface area (Å²) in [5.41, 5.74) is 1.05. The fourth-order valence-electron chi connectivity index (χ4n) is 4.46. The van der Waals surface area contributed by atoms with Gasteiger partial charge in [0, 0.05) is 12.1 Å². The number of anilines is 1. The van der Waals surface area contributed by atoms with Gasteiger partial charge in [-0.2, -0.15) is 0 Å². The smallest absolute Gasteiger partial charge is 0.325 e. The zero-order valence-corrected chi connectivity index (χ0v) is 17.3. The molecule has 2 heterocycles. The second-order valence-corrected chi connectivity index (χ2v) is 8.23. The minimum Gasteiger partial charge on any atom is -0.454 e. The summed E-state index contributed by atoms with van der Waals surface area (Å²) in [4.78, 5) is 39.8. The minimum absolute atomic E-state index is 0.0784. The average molecular weight is 442 g/mol. The first-order valence-electron chi connectivity index (χ1n) is 10.1. The molecule has 3 aliphatic rings. The van der Waals surface area contributed by atoms with Gasteiger partial charge in [0.25, 0.3) is 5.91 Å². The van der Waals surface area contributed by atoms with Crippen LogP contribution in [0.15, 0.2) is 36.4 Å². The maximum atomic E-state index is 13.4. The Morgan fingerprint density at radius 2 is 1.94 bits per heavy atom. The number of aryl methyl sites for hydroxylation is 1. The normalized spacial score (nSPS) is 21.6. The Kier molecular flexibility index (Phi) is 4.74. The molecule has 1 saturated heterocycles. The number of fused-ring (bicyclic) bond motifs is 3. The molecule has 0 radical (unpaired) electrons. The highest BCUT2D eigenvalue weighted by molar-refractivity contribution is 6.34. The van der Waals surface area contributed by atoms with Gasteiger partial charge in [0.15, 0.2) is 11.5 Å². The molecule has 0 aromatic heterocycles. The molecule has 2 aromatic rings. The van der Waals surface area contributed by atoms with Crippen molar-refractivity contribution < 1.29 is 23.9 Å². The predicted octanol–water partition coefficient (Wildman–Crippen LogP) is 3.18. The largest absolute Gasteiger partial charge is 0.454 e. The van der Waals surface area contributed by atoms with Gasteiger partial charge in [0.2, 0.25) is 12.7 Å². The fraction of sp³-hybridized carbons (Fsp3) is 0.318. The van der Waals surface area contributed by atoms with E-state index in [0.29, 0.717) is 23.6 Å². The van der Waals surface area contributed by atoms with Crippen LogP contribution in [-0.4, -0.2) is 36.1 Å². The van der Waals surface area contributed by atoms with Crippen LogP contribution in [0.2, 0.25) is 5.02 Å². The Hall–Kier alpha value is -3.26. The van der Waals surface area contributed by atoms with E-state index in [4.69, 9.17) is 21.1 Å². The van der Waals surface area contributed by atoms with Gasteiger partial charge in [0.1, 0.15) is 12.1 Å². The van der Waals surface area contributed by atoms with Crippen LogP contribution in [-0.2, 0) is 21.5 Å². The summed E-state index contributed by atoms with van der Waals surface area (Å²) in [5.74, 6) is 0.0109. The average Bonchev–Trinajstić information content (AvgIpc) is 3.22. The first-order chi connectivity index (χ1) is 15.0. The van der Waals surface area contributed by atoms with Gasteiger partial charge in [-0.25, -0.2) is 4.79 Å². The first-order valence-corrected chi connectivity index (χ1v) is 10.5. The van der Waals surface area contributed by atoms with E-state index in [1.165, 1.54) is 0 Å². The molecule has 160 valence electrons. The lowest BCUT2D eigenvalue weighted by atomic mass is 9.84. The first kappa shape index (κ1) is 19.7. The molecule has 4 amide bonds. The lowest BCUT2D eigenvalue weighted by Crippen LogP contribution is -2.44. The molecule has 0 saturated carbocycles. The standard InChI is InChI=1S/C22H20ClN3O5/c23-15-9-17-18(31-12-30-17)10-16(15)24-19(27)11-26-20(28)22(25-21(26)29)8-4-3-6-13-5-1-2-7-14(13)22/h1-2,5,7,9-10H,3-4,6,8,11-12H2,(H,24,27)(H,25,29). The zero-order chi connectivity index (χ0) is 21.6. The minimum atomic E-state index is -1.12. The molecule has 0 bridgehead atoms. The fourth-order valence-corrected chi connectivity index (χ4v) is 4.66. The molecular formula is C22H20ClN3O5. The third-order valence-corrected chi connectivity index (χ3v) is 6.25. The van der Waals surface area contributed by atoms with Crippen LogP contribution in [0.1, 0.15) is 30.4 Å². The summed E-state index contributed by atoms with van der Waals surface area (Å²) in [5, 5.41) is 5.79. The van der Waals surface area contributed by atoms with Gasteiger partial charge < -0.3 is 20.1 Å². The second kappa shape index (κ2) is 7.46. The third-order valence-electron chi connectivity index (χ3n) is 5.94. The lowest BCUT2D eigenvalue weighted by Gasteiger charge is -2.27. The Labute approximate surface area is 183 Å². The van der Waals surface area contributed by atoms with Crippen LogP contribution in [0, 0.1) is 0 Å². The number of rotatable bonds is 3. The van der Waals surface area contributed by atoms with Crippen molar-refractivity contribution in [1.82, 2.24) is 10.2 Å². The van der Waals surface area contributed by atoms with Crippen LogP contribution in [0.4, 0.5) is 10.5 Å². The number of imide groups is 1. The van der Waals surface area contributed by atoms with E-state index in [-0.39, 0.29) is 11.8 Å². The lowest BCUT2D eigenvalue weighted by molar-refractivity contribution is -0.134. The Bertz CT molecular complexity index is 1100. The van der Waals surface area contributed by atoms with Crippen molar-refractivity contribution in [3.8, 4) is 11.5 Å². The van der Waals surface area contributed by atoms with Gasteiger partial charge in [-0.3, -0.25) is 14.5 Å². The number of nitrogens with one attached hydrogen (secondary N) is 2. The number of hydrogen-bond acceptors (Lipinski definition) is 5. The van der Waals surface area contributed by atoms with Gasteiger partial charge in [-0.05, 0) is 36.8 Å². The number of urea groups is 1. The summed E-state index contributed by atoms with van der Waals surface area (Å²) in [6.07, 6.45) is 3.09. The summed E-state index contributed by atoms with van der Waals surface area (Å²) >= 11 is 6.21. The topological polar surface area (TPSA) is 97.0 Å². The molecule has 1 spiro atoms. The van der Waals surface area contributed by atoms with Gasteiger partial charge in [0.05, 0.1) is 10.7 Å². The maximum absolute atomic E-state index is 13.4. The molecule has 8 nitrogen and oxygen atoms in total.